The molecule has 1 aromatic heterocycles. The van der Waals surface area contributed by atoms with Crippen molar-refractivity contribution in [3.05, 3.63) is 66.0 Å². The van der Waals surface area contributed by atoms with Crippen LogP contribution in [0.4, 0.5) is 4.39 Å². The van der Waals surface area contributed by atoms with Crippen molar-refractivity contribution in [2.75, 3.05) is 6.54 Å². The molecule has 2 aromatic carbocycles. The number of ether oxygens (including phenoxy) is 1. The average molecular weight is 410 g/mol. The number of hydrogen-bond acceptors (Lipinski definition) is 3. The molecule has 0 saturated carbocycles. The van der Waals surface area contributed by atoms with Gasteiger partial charge in [0.15, 0.2) is 11.6 Å². The van der Waals surface area contributed by atoms with Gasteiger partial charge in [-0.1, -0.05) is 63.2 Å². The lowest BCUT2D eigenvalue weighted by molar-refractivity contribution is -0.135. The van der Waals surface area contributed by atoms with E-state index in [-0.39, 0.29) is 17.6 Å². The minimum atomic E-state index is -0.449. The Hall–Kier alpha value is -3.15. The van der Waals surface area contributed by atoms with Crippen molar-refractivity contribution in [3.63, 3.8) is 0 Å². The van der Waals surface area contributed by atoms with Gasteiger partial charge >= 0.3 is 0 Å². The Morgan fingerprint density at radius 2 is 1.80 bits per heavy atom. The van der Waals surface area contributed by atoms with Crippen LogP contribution in [0.3, 0.4) is 0 Å². The fourth-order valence-electron chi connectivity index (χ4n) is 3.38. The maximum atomic E-state index is 14.3. The van der Waals surface area contributed by atoms with Gasteiger partial charge in [0, 0.05) is 25.1 Å². The van der Waals surface area contributed by atoms with Crippen LogP contribution in [0.15, 0.2) is 54.6 Å². The van der Waals surface area contributed by atoms with E-state index in [1.807, 2.05) is 56.0 Å². The Labute approximate surface area is 177 Å². The first-order valence-corrected chi connectivity index (χ1v) is 10.2. The zero-order valence-electron chi connectivity index (χ0n) is 17.9. The number of aromatic nitrogens is 2. The van der Waals surface area contributed by atoms with Gasteiger partial charge in [0.25, 0.3) is 0 Å². The molecule has 1 amide bonds. The quantitative estimate of drug-likeness (QED) is 0.500. The van der Waals surface area contributed by atoms with Gasteiger partial charge in [-0.2, -0.15) is 5.10 Å². The van der Waals surface area contributed by atoms with Crippen LogP contribution in [-0.4, -0.2) is 27.1 Å². The number of aryl methyl sites for hydroxylation is 1. The van der Waals surface area contributed by atoms with E-state index >= 15 is 0 Å². The van der Waals surface area contributed by atoms with E-state index < -0.39 is 5.82 Å². The van der Waals surface area contributed by atoms with E-state index in [0.29, 0.717) is 19.0 Å². The average Bonchev–Trinajstić information content (AvgIpc) is 3.04. The van der Waals surface area contributed by atoms with Crippen LogP contribution >= 0.6 is 0 Å². The van der Waals surface area contributed by atoms with Crippen LogP contribution < -0.4 is 4.74 Å². The second-order valence-electron chi connectivity index (χ2n) is 7.57. The highest BCUT2D eigenvalue weighted by atomic mass is 19.1. The Bertz CT molecular complexity index is 999. The minimum Gasteiger partial charge on any atom is -0.436 e. The number of para-hydroxylation sites is 1. The highest BCUT2D eigenvalue weighted by Gasteiger charge is 2.25. The van der Waals surface area contributed by atoms with Crippen LogP contribution in [0, 0.1) is 11.7 Å². The van der Waals surface area contributed by atoms with Crippen LogP contribution in [-0.2, 0) is 18.4 Å². The molecule has 0 fully saturated rings. The third-order valence-corrected chi connectivity index (χ3v) is 4.83. The Balaban J connectivity index is 2.09. The molecule has 0 atom stereocenters. The number of carbonyl (C=O) groups excluding carboxylic acids is 1. The fraction of sp³-hybridized carbons (Fsp3) is 0.333. The molecule has 0 radical (unpaired) electrons. The summed E-state index contributed by atoms with van der Waals surface area (Å²) in [4.78, 5) is 14.6. The summed E-state index contributed by atoms with van der Waals surface area (Å²) in [7, 11) is 1.76. The second-order valence-corrected chi connectivity index (χ2v) is 7.57. The molecular weight excluding hydrogens is 381 g/mol. The summed E-state index contributed by atoms with van der Waals surface area (Å²) in [5, 5.41) is 4.66. The molecule has 0 spiro atoms. The van der Waals surface area contributed by atoms with E-state index in [1.165, 1.54) is 6.07 Å². The molecule has 3 rings (SSSR count). The summed E-state index contributed by atoms with van der Waals surface area (Å²) in [5.74, 6) is 0.0469. The van der Waals surface area contributed by atoms with Crippen molar-refractivity contribution in [1.29, 1.82) is 0 Å². The van der Waals surface area contributed by atoms with Crippen LogP contribution in [0.2, 0.25) is 0 Å². The molecule has 0 unspecified atom stereocenters. The highest BCUT2D eigenvalue weighted by molar-refractivity contribution is 5.78. The van der Waals surface area contributed by atoms with Gasteiger partial charge in [-0.3, -0.25) is 4.79 Å². The lowest BCUT2D eigenvalue weighted by Gasteiger charge is -2.24. The monoisotopic (exact) mass is 409 g/mol. The van der Waals surface area contributed by atoms with Gasteiger partial charge in [0.1, 0.15) is 5.69 Å². The van der Waals surface area contributed by atoms with E-state index in [4.69, 9.17) is 4.74 Å². The van der Waals surface area contributed by atoms with Gasteiger partial charge < -0.3 is 9.64 Å². The third kappa shape index (κ3) is 4.70. The number of halogens is 1. The zero-order valence-corrected chi connectivity index (χ0v) is 17.9. The molecule has 0 aliphatic carbocycles. The van der Waals surface area contributed by atoms with Crippen LogP contribution in [0.25, 0.3) is 11.3 Å². The van der Waals surface area contributed by atoms with Gasteiger partial charge in [0.2, 0.25) is 11.8 Å². The normalized spacial score (nSPS) is 11.0. The van der Waals surface area contributed by atoms with Crippen molar-refractivity contribution >= 4 is 5.91 Å². The van der Waals surface area contributed by atoms with Gasteiger partial charge in [-0.05, 0) is 18.6 Å². The number of hydrogen-bond donors (Lipinski definition) is 0. The molecule has 158 valence electrons. The Kier molecular flexibility index (Phi) is 6.87. The molecule has 0 aliphatic heterocycles. The zero-order chi connectivity index (χ0) is 21.7. The number of carbonyl (C=O) groups is 1. The molecule has 5 nitrogen and oxygen atoms in total. The maximum absolute atomic E-state index is 14.3. The summed E-state index contributed by atoms with van der Waals surface area (Å²) in [5.41, 5.74) is 2.40. The smallest absolute Gasteiger partial charge is 0.225 e. The molecule has 0 saturated heterocycles. The predicted octanol–water partition coefficient (Wildman–Crippen LogP) is 5.41. The molecule has 3 aromatic rings. The predicted molar refractivity (Wildman–Crippen MR) is 116 cm³/mol. The van der Waals surface area contributed by atoms with Crippen LogP contribution in [0.5, 0.6) is 11.6 Å². The van der Waals surface area contributed by atoms with Crippen molar-refractivity contribution in [1.82, 2.24) is 14.7 Å². The van der Waals surface area contributed by atoms with Crippen LogP contribution in [0.1, 0.15) is 32.8 Å². The van der Waals surface area contributed by atoms with Crippen molar-refractivity contribution < 1.29 is 13.9 Å². The summed E-state index contributed by atoms with van der Waals surface area (Å²) >= 11 is 0. The van der Waals surface area contributed by atoms with E-state index in [1.54, 1.807) is 29.9 Å². The van der Waals surface area contributed by atoms with E-state index in [0.717, 1.165) is 23.2 Å². The molecule has 1 heterocycles. The Morgan fingerprint density at radius 1 is 1.13 bits per heavy atom. The molecule has 30 heavy (non-hydrogen) atoms. The van der Waals surface area contributed by atoms with Crippen molar-refractivity contribution in [3.8, 4) is 22.9 Å². The summed E-state index contributed by atoms with van der Waals surface area (Å²) < 4.78 is 21.9. The number of rotatable bonds is 8. The molecule has 0 N–H and O–H groups in total. The SMILES string of the molecule is CCCN(Cc1c(-c2ccccc2)nn(C)c1Oc1ccccc1F)C(=O)C(C)C. The summed E-state index contributed by atoms with van der Waals surface area (Å²) in [6.07, 6.45) is 0.836. The molecular formula is C24H28FN3O2. The number of benzene rings is 2. The first-order valence-electron chi connectivity index (χ1n) is 10.2. The van der Waals surface area contributed by atoms with E-state index in [9.17, 15) is 9.18 Å². The summed E-state index contributed by atoms with van der Waals surface area (Å²) in [6.45, 7) is 6.79. The van der Waals surface area contributed by atoms with Crippen molar-refractivity contribution in [2.45, 2.75) is 33.7 Å². The van der Waals surface area contributed by atoms with Crippen molar-refractivity contribution in [2.24, 2.45) is 13.0 Å². The topological polar surface area (TPSA) is 47.4 Å². The first-order chi connectivity index (χ1) is 14.4. The highest BCUT2D eigenvalue weighted by Crippen LogP contribution is 2.35. The van der Waals surface area contributed by atoms with E-state index in [2.05, 4.69) is 5.10 Å². The molecule has 6 heteroatoms. The standard InChI is InChI=1S/C24H28FN3O2/c1-5-15-28(23(29)17(2)3)16-19-22(18-11-7-6-8-12-18)26-27(4)24(19)30-21-14-10-9-13-20(21)25/h6-14,17H,5,15-16H2,1-4H3. The Morgan fingerprint density at radius 3 is 2.43 bits per heavy atom. The van der Waals surface area contributed by atoms with Gasteiger partial charge in [-0.15, -0.1) is 0 Å². The second kappa shape index (κ2) is 9.57. The summed E-state index contributed by atoms with van der Waals surface area (Å²) in [6, 6.07) is 16.0. The lowest BCUT2D eigenvalue weighted by atomic mass is 10.1. The number of nitrogens with zero attached hydrogens (tertiary/aromatic N) is 3. The molecule has 0 aliphatic rings. The first kappa shape index (κ1) is 21.6. The largest absolute Gasteiger partial charge is 0.436 e. The molecule has 0 bridgehead atoms. The fourth-order valence-corrected chi connectivity index (χ4v) is 3.38. The lowest BCUT2D eigenvalue weighted by Crippen LogP contribution is -2.34. The minimum absolute atomic E-state index is 0.0663. The maximum Gasteiger partial charge on any atom is 0.225 e. The number of amides is 1. The third-order valence-electron chi connectivity index (χ3n) is 4.83. The van der Waals surface area contributed by atoms with Gasteiger partial charge in [-0.25, -0.2) is 9.07 Å². The van der Waals surface area contributed by atoms with Gasteiger partial charge in [0.05, 0.1) is 12.1 Å².